The fourth-order valence-electron chi connectivity index (χ4n) is 2.52. The van der Waals surface area contributed by atoms with Crippen LogP contribution in [0.1, 0.15) is 25.0 Å². The van der Waals surface area contributed by atoms with Crippen molar-refractivity contribution in [2.75, 3.05) is 5.06 Å². The monoisotopic (exact) mass is 312 g/mol. The van der Waals surface area contributed by atoms with Crippen molar-refractivity contribution in [3.05, 3.63) is 35.7 Å². The van der Waals surface area contributed by atoms with Gasteiger partial charge in [-0.05, 0) is 25.5 Å². The average molecular weight is 312 g/mol. The largest absolute Gasteiger partial charge is 0.333 e. The summed E-state index contributed by atoms with van der Waals surface area (Å²) in [7, 11) is 0. The molecule has 23 heavy (non-hydrogen) atoms. The van der Waals surface area contributed by atoms with E-state index in [-0.39, 0.29) is 0 Å². The van der Waals surface area contributed by atoms with Gasteiger partial charge in [-0.1, -0.05) is 6.07 Å². The van der Waals surface area contributed by atoms with Gasteiger partial charge in [-0.25, -0.2) is 14.8 Å². The predicted molar refractivity (Wildman–Crippen MR) is 84.9 cm³/mol. The van der Waals surface area contributed by atoms with Gasteiger partial charge in [-0.15, -0.1) is 5.06 Å². The van der Waals surface area contributed by atoms with Crippen LogP contribution in [0.4, 0.5) is 5.69 Å². The predicted octanol–water partition coefficient (Wildman–Crippen LogP) is 2.33. The number of carbonyl (C=O) groups excluding carboxylic acids is 2. The number of hydrogen-bond donors (Lipinski definition) is 0. The molecule has 0 aliphatic heterocycles. The second-order valence-corrected chi connectivity index (χ2v) is 5.33. The lowest BCUT2D eigenvalue weighted by Crippen LogP contribution is -2.31. The second kappa shape index (κ2) is 5.35. The molecule has 1 amide bonds. The topological polar surface area (TPSA) is 76.8 Å². The third-order valence-electron chi connectivity index (χ3n) is 3.59. The third kappa shape index (κ3) is 2.40. The molecule has 0 aliphatic rings. The van der Waals surface area contributed by atoms with Gasteiger partial charge in [-0.3, -0.25) is 9.20 Å². The molecule has 0 aromatic carbocycles. The molecule has 0 bridgehead atoms. The number of fused-ring (bicyclic) bond motifs is 3. The van der Waals surface area contributed by atoms with E-state index in [2.05, 4.69) is 9.97 Å². The number of amides is 1. The van der Waals surface area contributed by atoms with Crippen LogP contribution in [0.15, 0.2) is 24.5 Å². The number of aromatic nitrogens is 3. The van der Waals surface area contributed by atoms with Crippen LogP contribution in [0.3, 0.4) is 0 Å². The molecule has 0 N–H and O–H groups in total. The molecule has 0 radical (unpaired) electrons. The van der Waals surface area contributed by atoms with Crippen molar-refractivity contribution >= 4 is 34.4 Å². The van der Waals surface area contributed by atoms with Gasteiger partial charge in [0, 0.05) is 25.6 Å². The molecule has 0 atom stereocenters. The summed E-state index contributed by atoms with van der Waals surface area (Å²) in [6, 6.07) is 3.90. The van der Waals surface area contributed by atoms with Crippen molar-refractivity contribution in [3.63, 3.8) is 0 Å². The molecule has 3 rings (SSSR count). The maximum absolute atomic E-state index is 11.8. The highest BCUT2D eigenvalue weighted by Crippen LogP contribution is 2.28. The number of aryl methyl sites for hydroxylation is 2. The zero-order chi connectivity index (χ0) is 16.7. The lowest BCUT2D eigenvalue weighted by Gasteiger charge is -2.20. The Balaban J connectivity index is 2.26. The number of rotatable bonds is 1. The second-order valence-electron chi connectivity index (χ2n) is 5.33. The quantitative estimate of drug-likeness (QED) is 0.645. The smallest absolute Gasteiger partial charge is 0.330 e. The number of hydroxylamine groups is 1. The minimum atomic E-state index is -0.578. The Morgan fingerprint density at radius 1 is 1.22 bits per heavy atom. The van der Waals surface area contributed by atoms with Gasteiger partial charge in [0.2, 0.25) is 0 Å². The summed E-state index contributed by atoms with van der Waals surface area (Å²) in [4.78, 5) is 37.0. The highest BCUT2D eigenvalue weighted by Gasteiger charge is 2.21. The summed E-state index contributed by atoms with van der Waals surface area (Å²) in [5.74, 6) is -0.991. The molecule has 7 heteroatoms. The molecule has 7 nitrogen and oxygen atoms in total. The molecule has 0 aliphatic carbocycles. The van der Waals surface area contributed by atoms with Gasteiger partial charge in [0.1, 0.15) is 16.9 Å². The van der Waals surface area contributed by atoms with Crippen LogP contribution in [0.5, 0.6) is 0 Å². The van der Waals surface area contributed by atoms with Crippen molar-refractivity contribution in [3.8, 4) is 0 Å². The lowest BCUT2D eigenvalue weighted by atomic mass is 10.2. The summed E-state index contributed by atoms with van der Waals surface area (Å²) in [5, 5.41) is 0.945. The Bertz CT molecular complexity index is 945. The number of pyridine rings is 2. The first-order valence-corrected chi connectivity index (χ1v) is 7.12. The number of carbonyl (C=O) groups is 2. The SMILES string of the molecule is CC(=O)ON(C(C)=O)c1cnc2c(nc3c(C)cccn32)c1C. The van der Waals surface area contributed by atoms with E-state index in [9.17, 15) is 9.59 Å². The van der Waals surface area contributed by atoms with Gasteiger partial charge in [-0.2, -0.15) is 0 Å². The highest BCUT2D eigenvalue weighted by atomic mass is 16.7. The van der Waals surface area contributed by atoms with E-state index in [0.29, 0.717) is 16.9 Å². The van der Waals surface area contributed by atoms with Crippen LogP contribution in [0.2, 0.25) is 0 Å². The molecule has 0 fully saturated rings. The van der Waals surface area contributed by atoms with Crippen LogP contribution >= 0.6 is 0 Å². The van der Waals surface area contributed by atoms with E-state index in [4.69, 9.17) is 4.84 Å². The molecular formula is C16H16N4O3. The molecule has 3 heterocycles. The lowest BCUT2D eigenvalue weighted by molar-refractivity contribution is -0.147. The van der Waals surface area contributed by atoms with Gasteiger partial charge in [0.15, 0.2) is 5.65 Å². The summed E-state index contributed by atoms with van der Waals surface area (Å²) in [6.45, 7) is 6.35. The number of nitrogens with zero attached hydrogens (tertiary/aromatic N) is 4. The maximum atomic E-state index is 11.8. The first-order valence-electron chi connectivity index (χ1n) is 7.12. The van der Waals surface area contributed by atoms with Gasteiger partial charge >= 0.3 is 5.97 Å². The van der Waals surface area contributed by atoms with Crippen LogP contribution in [0.25, 0.3) is 16.8 Å². The van der Waals surface area contributed by atoms with Crippen molar-refractivity contribution < 1.29 is 14.4 Å². The van der Waals surface area contributed by atoms with Gasteiger partial charge in [0.05, 0.1) is 6.20 Å². The Kier molecular flexibility index (Phi) is 3.48. The van der Waals surface area contributed by atoms with Crippen LogP contribution in [0, 0.1) is 13.8 Å². The number of imidazole rings is 1. The van der Waals surface area contributed by atoms with Gasteiger partial charge < -0.3 is 4.84 Å². The standard InChI is InChI=1S/C16H16N4O3/c1-9-6-5-7-19-15(9)18-14-10(2)13(8-17-16(14)19)20(11(3)21)23-12(4)22/h5-8H,1-4H3. The molecule has 0 saturated carbocycles. The fourth-order valence-corrected chi connectivity index (χ4v) is 2.52. The number of anilines is 1. The first-order chi connectivity index (χ1) is 10.9. The Hall–Kier alpha value is -2.96. The summed E-state index contributed by atoms with van der Waals surface area (Å²) in [5.41, 5.74) is 4.30. The number of hydrogen-bond acceptors (Lipinski definition) is 5. The third-order valence-corrected chi connectivity index (χ3v) is 3.59. The Morgan fingerprint density at radius 2 is 1.96 bits per heavy atom. The highest BCUT2D eigenvalue weighted by molar-refractivity contribution is 5.95. The zero-order valence-corrected chi connectivity index (χ0v) is 13.3. The molecular weight excluding hydrogens is 296 g/mol. The summed E-state index contributed by atoms with van der Waals surface area (Å²) >= 11 is 0. The normalized spacial score (nSPS) is 11.0. The van der Waals surface area contributed by atoms with Crippen LogP contribution < -0.4 is 5.06 Å². The van der Waals surface area contributed by atoms with E-state index in [1.165, 1.54) is 20.0 Å². The van der Waals surface area contributed by atoms with Crippen LogP contribution in [-0.4, -0.2) is 26.2 Å². The molecule has 0 saturated heterocycles. The summed E-state index contributed by atoms with van der Waals surface area (Å²) < 4.78 is 1.89. The van der Waals surface area contributed by atoms with Crippen molar-refractivity contribution in [1.29, 1.82) is 0 Å². The Labute approximate surface area is 132 Å². The molecule has 3 aromatic rings. The van der Waals surface area contributed by atoms with Crippen molar-refractivity contribution in [2.24, 2.45) is 0 Å². The van der Waals surface area contributed by atoms with E-state index in [1.807, 2.05) is 36.6 Å². The minimum Gasteiger partial charge on any atom is -0.333 e. The average Bonchev–Trinajstić information content (AvgIpc) is 2.86. The van der Waals surface area contributed by atoms with E-state index >= 15 is 0 Å². The van der Waals surface area contributed by atoms with Crippen molar-refractivity contribution in [2.45, 2.75) is 27.7 Å². The molecule has 118 valence electrons. The maximum Gasteiger partial charge on any atom is 0.330 e. The zero-order valence-electron chi connectivity index (χ0n) is 13.3. The Morgan fingerprint density at radius 3 is 2.61 bits per heavy atom. The van der Waals surface area contributed by atoms with Crippen molar-refractivity contribution in [1.82, 2.24) is 14.4 Å². The van der Waals surface area contributed by atoms with Crippen LogP contribution in [-0.2, 0) is 14.4 Å². The first kappa shape index (κ1) is 15.0. The molecule has 3 aromatic heterocycles. The molecule has 0 spiro atoms. The van der Waals surface area contributed by atoms with Gasteiger partial charge in [0.25, 0.3) is 5.91 Å². The summed E-state index contributed by atoms with van der Waals surface area (Å²) in [6.07, 6.45) is 3.40. The van der Waals surface area contributed by atoms with E-state index in [1.54, 1.807) is 0 Å². The fraction of sp³-hybridized carbons (Fsp3) is 0.250. The molecule has 0 unspecified atom stereocenters. The minimum absolute atomic E-state index is 0.404. The van der Waals surface area contributed by atoms with E-state index < -0.39 is 11.9 Å². The van der Waals surface area contributed by atoms with E-state index in [0.717, 1.165) is 21.8 Å².